The molecule has 1 aliphatic rings. The Labute approximate surface area is 135 Å². The average Bonchev–Trinajstić information content (AvgIpc) is 2.59. The van der Waals surface area contributed by atoms with E-state index in [1.54, 1.807) is 22.7 Å². The summed E-state index contributed by atoms with van der Waals surface area (Å²) in [6, 6.07) is 8.14. The number of hydrogen-bond donors (Lipinski definition) is 0. The van der Waals surface area contributed by atoms with Crippen molar-refractivity contribution in [2.75, 3.05) is 26.0 Å². The number of rotatable bonds is 4. The van der Waals surface area contributed by atoms with Crippen molar-refractivity contribution in [3.8, 4) is 0 Å². The highest BCUT2D eigenvalue weighted by Crippen LogP contribution is 2.20. The van der Waals surface area contributed by atoms with Crippen molar-refractivity contribution in [3.05, 3.63) is 41.5 Å². The van der Waals surface area contributed by atoms with Gasteiger partial charge < -0.3 is 9.64 Å². The van der Waals surface area contributed by atoms with Gasteiger partial charge in [-0.2, -0.15) is 0 Å². The third-order valence-corrected chi connectivity index (χ3v) is 4.81. The van der Waals surface area contributed by atoms with Crippen LogP contribution in [0.1, 0.15) is 18.1 Å². The molecule has 1 aromatic rings. The van der Waals surface area contributed by atoms with Crippen molar-refractivity contribution in [2.45, 2.75) is 18.6 Å². The number of amides is 1. The molecule has 1 saturated heterocycles. The molecule has 4 nitrogen and oxygen atoms in total. The van der Waals surface area contributed by atoms with Gasteiger partial charge in [-0.3, -0.25) is 9.59 Å². The van der Waals surface area contributed by atoms with Gasteiger partial charge in [0, 0.05) is 24.9 Å². The molecule has 1 aliphatic heterocycles. The van der Waals surface area contributed by atoms with Crippen molar-refractivity contribution in [1.82, 2.24) is 4.90 Å². The summed E-state index contributed by atoms with van der Waals surface area (Å²) in [4.78, 5) is 25.5. The molecule has 0 saturated carbocycles. The second-order valence-electron chi connectivity index (χ2n) is 5.10. The van der Waals surface area contributed by atoms with Crippen LogP contribution in [0.5, 0.6) is 0 Å². The molecule has 0 aromatic heterocycles. The van der Waals surface area contributed by atoms with E-state index in [2.05, 4.69) is 19.1 Å². The van der Waals surface area contributed by atoms with Gasteiger partial charge in [0.05, 0.1) is 7.11 Å². The van der Waals surface area contributed by atoms with Gasteiger partial charge in [0.2, 0.25) is 5.91 Å². The van der Waals surface area contributed by atoms with Crippen molar-refractivity contribution >= 4 is 29.7 Å². The normalized spacial score (nSPS) is 18.5. The van der Waals surface area contributed by atoms with Gasteiger partial charge in [-0.15, -0.1) is 11.8 Å². The Kier molecular flexibility index (Phi) is 6.07. The Bertz CT molecular complexity index is 554. The number of thioether (sulfide) groups is 1. The van der Waals surface area contributed by atoms with E-state index in [0.717, 1.165) is 17.7 Å². The van der Waals surface area contributed by atoms with Crippen LogP contribution in [0.25, 0.3) is 6.08 Å². The number of ether oxygens (including phenoxy) is 1. The number of carbonyl (C=O) groups is 2. The lowest BCUT2D eigenvalue weighted by molar-refractivity contribution is -0.140. The van der Waals surface area contributed by atoms with Gasteiger partial charge in [-0.25, -0.2) is 0 Å². The average molecular weight is 319 g/mol. The number of aryl methyl sites for hydroxylation is 1. The lowest BCUT2D eigenvalue weighted by Crippen LogP contribution is -2.44. The van der Waals surface area contributed by atoms with Gasteiger partial charge in [-0.05, 0) is 23.6 Å². The number of hydrogen-bond acceptors (Lipinski definition) is 4. The van der Waals surface area contributed by atoms with Crippen molar-refractivity contribution in [3.63, 3.8) is 0 Å². The molecule has 0 bridgehead atoms. The zero-order valence-corrected chi connectivity index (χ0v) is 13.8. The molecule has 0 N–H and O–H groups in total. The first-order chi connectivity index (χ1) is 10.6. The molecule has 1 atom stereocenters. The van der Waals surface area contributed by atoms with E-state index < -0.39 is 0 Å². The maximum atomic E-state index is 12.2. The summed E-state index contributed by atoms with van der Waals surface area (Å²) in [7, 11) is 1.38. The van der Waals surface area contributed by atoms with Gasteiger partial charge >= 0.3 is 5.97 Å². The third-order valence-electron chi connectivity index (χ3n) is 3.65. The quantitative estimate of drug-likeness (QED) is 0.631. The number of carbonyl (C=O) groups excluding carboxylic acids is 2. The number of nitrogens with zero attached hydrogens (tertiary/aromatic N) is 1. The Morgan fingerprint density at radius 1 is 1.36 bits per heavy atom. The maximum absolute atomic E-state index is 12.2. The van der Waals surface area contributed by atoms with E-state index in [1.165, 1.54) is 12.7 Å². The summed E-state index contributed by atoms with van der Waals surface area (Å²) in [6.07, 6.45) is 4.39. The molecule has 118 valence electrons. The molecule has 5 heteroatoms. The fourth-order valence-electron chi connectivity index (χ4n) is 2.26. The second kappa shape index (κ2) is 8.03. The van der Waals surface area contributed by atoms with E-state index in [9.17, 15) is 9.59 Å². The van der Waals surface area contributed by atoms with E-state index in [4.69, 9.17) is 4.74 Å². The summed E-state index contributed by atoms with van der Waals surface area (Å²) < 4.78 is 4.75. The first-order valence-electron chi connectivity index (χ1n) is 7.39. The van der Waals surface area contributed by atoms with Crippen LogP contribution >= 0.6 is 11.8 Å². The van der Waals surface area contributed by atoms with Gasteiger partial charge in [0.25, 0.3) is 0 Å². The molecule has 1 aromatic carbocycles. The van der Waals surface area contributed by atoms with Crippen molar-refractivity contribution in [1.29, 1.82) is 0 Å². The van der Waals surface area contributed by atoms with Crippen molar-refractivity contribution < 1.29 is 14.3 Å². The molecule has 2 rings (SSSR count). The first kappa shape index (κ1) is 16.6. The van der Waals surface area contributed by atoms with Crippen LogP contribution in [0, 0.1) is 0 Å². The van der Waals surface area contributed by atoms with E-state index in [-0.39, 0.29) is 17.1 Å². The second-order valence-corrected chi connectivity index (χ2v) is 6.41. The lowest BCUT2D eigenvalue weighted by Gasteiger charge is -2.30. The van der Waals surface area contributed by atoms with Crippen LogP contribution in [0.4, 0.5) is 0 Å². The molecule has 1 heterocycles. The standard InChI is InChI=1S/C17H21NO3S/c1-3-13-4-6-14(7-5-13)8-9-16(19)18-10-11-22-15(12-18)17(20)21-2/h4-9,15H,3,10-12H2,1-2H3/b9-8+/t15-/m0/s1. The molecular formula is C17H21NO3S. The Morgan fingerprint density at radius 3 is 2.73 bits per heavy atom. The minimum absolute atomic E-state index is 0.0613. The van der Waals surface area contributed by atoms with E-state index in [0.29, 0.717) is 13.1 Å². The molecular weight excluding hydrogens is 298 g/mol. The first-order valence-corrected chi connectivity index (χ1v) is 8.44. The Balaban J connectivity index is 1.95. The number of esters is 1. The van der Waals surface area contributed by atoms with E-state index in [1.807, 2.05) is 18.2 Å². The molecule has 0 unspecified atom stereocenters. The van der Waals surface area contributed by atoms with Crippen LogP contribution in [0.2, 0.25) is 0 Å². The fourth-order valence-corrected chi connectivity index (χ4v) is 3.39. The highest BCUT2D eigenvalue weighted by atomic mass is 32.2. The molecule has 0 spiro atoms. The van der Waals surface area contributed by atoms with Crippen LogP contribution in [0.15, 0.2) is 30.3 Å². The van der Waals surface area contributed by atoms with Crippen LogP contribution in [-0.2, 0) is 20.7 Å². The van der Waals surface area contributed by atoms with Gasteiger partial charge in [0.1, 0.15) is 5.25 Å². The summed E-state index contributed by atoms with van der Waals surface area (Å²) in [6.45, 7) is 3.19. The summed E-state index contributed by atoms with van der Waals surface area (Å²) in [5.74, 6) is 0.431. The Morgan fingerprint density at radius 2 is 2.09 bits per heavy atom. The molecule has 22 heavy (non-hydrogen) atoms. The third kappa shape index (κ3) is 4.37. The molecule has 1 amide bonds. The summed E-state index contributed by atoms with van der Waals surface area (Å²) in [5.41, 5.74) is 2.28. The minimum atomic E-state index is -0.278. The summed E-state index contributed by atoms with van der Waals surface area (Å²) in [5, 5.41) is -0.278. The SMILES string of the molecule is CCc1ccc(/C=C/C(=O)N2CCS[C@H](C(=O)OC)C2)cc1. The monoisotopic (exact) mass is 319 g/mol. The molecule has 0 radical (unpaired) electrons. The topological polar surface area (TPSA) is 46.6 Å². The predicted octanol–water partition coefficient (Wildman–Crippen LogP) is 2.38. The van der Waals surface area contributed by atoms with Crippen LogP contribution in [-0.4, -0.2) is 48.0 Å². The van der Waals surface area contributed by atoms with Crippen LogP contribution < -0.4 is 0 Å². The predicted molar refractivity (Wildman–Crippen MR) is 89.7 cm³/mol. The zero-order valence-electron chi connectivity index (χ0n) is 13.0. The van der Waals surface area contributed by atoms with Gasteiger partial charge in [0.15, 0.2) is 0 Å². The highest BCUT2D eigenvalue weighted by molar-refractivity contribution is 8.00. The maximum Gasteiger partial charge on any atom is 0.320 e. The Hall–Kier alpha value is -1.75. The largest absolute Gasteiger partial charge is 0.468 e. The smallest absolute Gasteiger partial charge is 0.320 e. The van der Waals surface area contributed by atoms with Gasteiger partial charge in [-0.1, -0.05) is 31.2 Å². The summed E-state index contributed by atoms with van der Waals surface area (Å²) >= 11 is 1.54. The van der Waals surface area contributed by atoms with Crippen molar-refractivity contribution in [2.24, 2.45) is 0 Å². The highest BCUT2D eigenvalue weighted by Gasteiger charge is 2.28. The number of benzene rings is 1. The molecule has 0 aliphatic carbocycles. The van der Waals surface area contributed by atoms with E-state index >= 15 is 0 Å². The zero-order chi connectivity index (χ0) is 15.9. The number of methoxy groups -OCH3 is 1. The minimum Gasteiger partial charge on any atom is -0.468 e. The van der Waals surface area contributed by atoms with Crippen LogP contribution in [0.3, 0.4) is 0 Å². The molecule has 1 fully saturated rings. The lowest BCUT2D eigenvalue weighted by atomic mass is 10.1. The fraction of sp³-hybridized carbons (Fsp3) is 0.412.